The van der Waals surface area contributed by atoms with Crippen LogP contribution in [0.2, 0.25) is 0 Å². The number of rotatable bonds is 3. The van der Waals surface area contributed by atoms with Gasteiger partial charge in [0.25, 0.3) is 0 Å². The van der Waals surface area contributed by atoms with Crippen LogP contribution in [0.1, 0.15) is 25.1 Å². The van der Waals surface area contributed by atoms with E-state index in [-0.39, 0.29) is 5.65 Å². The highest BCUT2D eigenvalue weighted by molar-refractivity contribution is 5.93. The largest absolute Gasteiger partial charge is 0.345 e. The fraction of sp³-hybridized carbons (Fsp3) is 0.294. The third kappa shape index (κ3) is 2.08. The molecule has 0 aromatic carbocycles. The number of nitrogens with one attached hydrogen (secondary N) is 1. The topological polar surface area (TPSA) is 71.8 Å². The summed E-state index contributed by atoms with van der Waals surface area (Å²) in [6.07, 6.45) is 11.6. The number of H-pyrrole nitrogens is 1. The minimum absolute atomic E-state index is 0.220. The molecule has 6 nitrogen and oxygen atoms in total. The summed E-state index contributed by atoms with van der Waals surface area (Å²) in [6.45, 7) is 0. The van der Waals surface area contributed by atoms with Gasteiger partial charge < -0.3 is 4.98 Å². The van der Waals surface area contributed by atoms with Crippen molar-refractivity contribution in [3.63, 3.8) is 0 Å². The van der Waals surface area contributed by atoms with Crippen LogP contribution in [-0.2, 0) is 6.42 Å². The Kier molecular flexibility index (Phi) is 2.88. The molecule has 0 amide bonds. The number of fused-ring (bicyclic) bond motifs is 2. The van der Waals surface area contributed by atoms with Crippen molar-refractivity contribution in [2.45, 2.75) is 25.7 Å². The van der Waals surface area contributed by atoms with Crippen LogP contribution in [-0.4, -0.2) is 29.5 Å². The molecule has 1 saturated carbocycles. The van der Waals surface area contributed by atoms with Gasteiger partial charge in [0.1, 0.15) is 17.8 Å². The zero-order chi connectivity index (χ0) is 16.1. The predicted octanol–water partition coefficient (Wildman–Crippen LogP) is 3.15. The molecule has 120 valence electrons. The summed E-state index contributed by atoms with van der Waals surface area (Å²) in [4.78, 5) is 16.2. The first-order chi connectivity index (χ1) is 11.8. The zero-order valence-electron chi connectivity index (χ0n) is 12.9. The second-order valence-electron chi connectivity index (χ2n) is 6.36. The van der Waals surface area contributed by atoms with Crippen molar-refractivity contribution in [2.75, 3.05) is 0 Å². The van der Waals surface area contributed by atoms with E-state index in [1.165, 1.54) is 36.2 Å². The molecule has 0 bridgehead atoms. The number of nitrogens with zero attached hydrogens (tertiary/aromatic N) is 5. The Balaban J connectivity index is 1.58. The molecule has 0 saturated heterocycles. The highest BCUT2D eigenvalue weighted by atomic mass is 19.1. The number of hydrogen-bond donors (Lipinski definition) is 1. The smallest absolute Gasteiger partial charge is 0.191 e. The Labute approximate surface area is 136 Å². The van der Waals surface area contributed by atoms with E-state index in [4.69, 9.17) is 0 Å². The van der Waals surface area contributed by atoms with Crippen molar-refractivity contribution in [2.24, 2.45) is 5.92 Å². The molecule has 1 aliphatic carbocycles. The second kappa shape index (κ2) is 5.09. The molecule has 4 aromatic rings. The lowest BCUT2D eigenvalue weighted by molar-refractivity contribution is 0.309. The van der Waals surface area contributed by atoms with E-state index in [2.05, 4.69) is 25.0 Å². The predicted molar refractivity (Wildman–Crippen MR) is 86.9 cm³/mol. The molecule has 5 rings (SSSR count). The normalized spacial score (nSPS) is 15.2. The first kappa shape index (κ1) is 13.6. The number of pyridine rings is 1. The molecule has 0 radical (unpaired) electrons. The van der Waals surface area contributed by atoms with Crippen LogP contribution in [0.5, 0.6) is 0 Å². The molecule has 0 unspecified atom stereocenters. The Morgan fingerprint density at radius 1 is 1.29 bits per heavy atom. The van der Waals surface area contributed by atoms with Crippen molar-refractivity contribution in [3.05, 3.63) is 42.6 Å². The molecule has 4 aromatic heterocycles. The van der Waals surface area contributed by atoms with E-state index in [1.807, 2.05) is 12.4 Å². The Morgan fingerprint density at radius 3 is 3.04 bits per heavy atom. The molecule has 4 heterocycles. The van der Waals surface area contributed by atoms with Crippen LogP contribution < -0.4 is 0 Å². The van der Waals surface area contributed by atoms with Gasteiger partial charge in [0.15, 0.2) is 11.5 Å². The fourth-order valence-corrected chi connectivity index (χ4v) is 3.27. The molecule has 0 spiro atoms. The summed E-state index contributed by atoms with van der Waals surface area (Å²) < 4.78 is 15.6. The fourth-order valence-electron chi connectivity index (χ4n) is 3.27. The minimum atomic E-state index is -0.401. The number of aromatic nitrogens is 6. The highest BCUT2D eigenvalue weighted by Gasteiger charge is 2.20. The average Bonchev–Trinajstić information content (AvgIpc) is 3.17. The molecule has 0 aliphatic heterocycles. The van der Waals surface area contributed by atoms with Crippen LogP contribution >= 0.6 is 0 Å². The maximum atomic E-state index is 14.2. The summed E-state index contributed by atoms with van der Waals surface area (Å²) in [5.41, 5.74) is 2.58. The van der Waals surface area contributed by atoms with Crippen molar-refractivity contribution < 1.29 is 4.39 Å². The molecule has 7 heteroatoms. The van der Waals surface area contributed by atoms with Crippen LogP contribution in [0.4, 0.5) is 4.39 Å². The van der Waals surface area contributed by atoms with E-state index < -0.39 is 5.82 Å². The summed E-state index contributed by atoms with van der Waals surface area (Å²) in [7, 11) is 0. The van der Waals surface area contributed by atoms with Gasteiger partial charge >= 0.3 is 0 Å². The molecular weight excluding hydrogens is 307 g/mol. The van der Waals surface area contributed by atoms with E-state index in [0.717, 1.165) is 34.8 Å². The first-order valence-corrected chi connectivity index (χ1v) is 8.10. The maximum absolute atomic E-state index is 14.2. The maximum Gasteiger partial charge on any atom is 0.191 e. The summed E-state index contributed by atoms with van der Waals surface area (Å²) >= 11 is 0. The third-order valence-electron chi connectivity index (χ3n) is 4.82. The first-order valence-electron chi connectivity index (χ1n) is 8.10. The van der Waals surface area contributed by atoms with Gasteiger partial charge in [0, 0.05) is 41.5 Å². The minimum Gasteiger partial charge on any atom is -0.345 e. The second-order valence-corrected chi connectivity index (χ2v) is 6.36. The van der Waals surface area contributed by atoms with Crippen LogP contribution in [0.25, 0.3) is 27.8 Å². The standard InChI is InChI=1S/C17H15FN6/c18-14-5-11(8-24-17(14)21-9-22-24)12-6-20-16-13(12)7-19-15(23-16)4-10-2-1-3-10/h5-10H,1-4H2,(H,19,20,23). The molecule has 24 heavy (non-hydrogen) atoms. The Bertz CT molecular complexity index is 1050. The van der Waals surface area contributed by atoms with Gasteiger partial charge in [-0.1, -0.05) is 19.3 Å². The lowest BCUT2D eigenvalue weighted by Gasteiger charge is -2.24. The van der Waals surface area contributed by atoms with E-state index in [9.17, 15) is 4.39 Å². The summed E-state index contributed by atoms with van der Waals surface area (Å²) in [5, 5.41) is 4.90. The highest BCUT2D eigenvalue weighted by Crippen LogP contribution is 2.31. The molecule has 1 aliphatic rings. The lowest BCUT2D eigenvalue weighted by atomic mass is 9.83. The number of aromatic amines is 1. The van der Waals surface area contributed by atoms with Crippen molar-refractivity contribution in [3.8, 4) is 11.1 Å². The van der Waals surface area contributed by atoms with Crippen LogP contribution in [0.3, 0.4) is 0 Å². The van der Waals surface area contributed by atoms with Crippen molar-refractivity contribution in [1.82, 2.24) is 29.5 Å². The Morgan fingerprint density at radius 2 is 2.21 bits per heavy atom. The van der Waals surface area contributed by atoms with Crippen molar-refractivity contribution in [1.29, 1.82) is 0 Å². The van der Waals surface area contributed by atoms with Gasteiger partial charge in [0.2, 0.25) is 0 Å². The molecule has 0 atom stereocenters. The monoisotopic (exact) mass is 322 g/mol. The lowest BCUT2D eigenvalue weighted by Crippen LogP contribution is -2.15. The van der Waals surface area contributed by atoms with E-state index in [1.54, 1.807) is 6.20 Å². The molecular formula is C17H15FN6. The van der Waals surface area contributed by atoms with Crippen LogP contribution in [0, 0.1) is 11.7 Å². The SMILES string of the molecule is Fc1cc(-c2c[nH]c3nc(CC4CCC4)ncc23)cn2ncnc12. The number of hydrogen-bond acceptors (Lipinski definition) is 4. The van der Waals surface area contributed by atoms with Crippen LogP contribution in [0.15, 0.2) is 31.0 Å². The number of halogens is 1. The van der Waals surface area contributed by atoms with Gasteiger partial charge in [-0.3, -0.25) is 0 Å². The van der Waals surface area contributed by atoms with E-state index in [0.29, 0.717) is 5.56 Å². The Hall–Kier alpha value is -2.83. The molecule has 1 N–H and O–H groups in total. The van der Waals surface area contributed by atoms with Gasteiger partial charge in [-0.25, -0.2) is 23.9 Å². The quantitative estimate of drug-likeness (QED) is 0.629. The summed E-state index contributed by atoms with van der Waals surface area (Å²) in [6, 6.07) is 1.47. The zero-order valence-corrected chi connectivity index (χ0v) is 12.9. The van der Waals surface area contributed by atoms with Gasteiger partial charge in [0.05, 0.1) is 0 Å². The third-order valence-corrected chi connectivity index (χ3v) is 4.82. The van der Waals surface area contributed by atoms with Gasteiger partial charge in [-0.15, -0.1) is 0 Å². The van der Waals surface area contributed by atoms with Crippen molar-refractivity contribution >= 4 is 16.7 Å². The van der Waals surface area contributed by atoms with E-state index >= 15 is 0 Å². The summed E-state index contributed by atoms with van der Waals surface area (Å²) in [5.74, 6) is 1.20. The van der Waals surface area contributed by atoms with Gasteiger partial charge in [-0.05, 0) is 12.0 Å². The van der Waals surface area contributed by atoms with Gasteiger partial charge in [-0.2, -0.15) is 5.10 Å². The molecule has 1 fully saturated rings. The average molecular weight is 322 g/mol.